The normalized spacial score (nSPS) is 12.1. The molecule has 0 radical (unpaired) electrons. The van der Waals surface area contributed by atoms with Crippen LogP contribution < -0.4 is 0 Å². The largest absolute Gasteiger partial charge is 0.456 e. The van der Waals surface area contributed by atoms with Crippen molar-refractivity contribution in [1.29, 1.82) is 0 Å². The number of rotatable bonds is 5. The Bertz CT molecular complexity index is 4140. The molecule has 0 bridgehead atoms. The first-order valence-corrected chi connectivity index (χ1v) is 21.5. The van der Waals surface area contributed by atoms with Gasteiger partial charge in [-0.3, -0.25) is 4.57 Å². The van der Waals surface area contributed by atoms with E-state index < -0.39 is 0 Å². The van der Waals surface area contributed by atoms with Crippen LogP contribution in [0.15, 0.2) is 211 Å². The number of furan rings is 1. The average molecular weight is 819 g/mol. The number of nitrogens with zero attached hydrogens (tertiary/aromatic N) is 6. The van der Waals surface area contributed by atoms with E-state index in [1.54, 1.807) is 0 Å². The van der Waals surface area contributed by atoms with E-state index in [0.717, 1.165) is 99.1 Å². The number of hydrogen-bond acceptors (Lipinski definition) is 4. The number of benzene rings is 9. The molecule has 0 aliphatic carbocycles. The second kappa shape index (κ2) is 13.3. The van der Waals surface area contributed by atoms with Crippen LogP contribution in [0.2, 0.25) is 0 Å². The second-order valence-corrected chi connectivity index (χ2v) is 16.4. The van der Waals surface area contributed by atoms with Crippen molar-refractivity contribution in [2.75, 3.05) is 0 Å². The molecule has 5 heterocycles. The van der Waals surface area contributed by atoms with E-state index in [1.807, 2.05) is 36.4 Å². The summed E-state index contributed by atoms with van der Waals surface area (Å²) in [5.41, 5.74) is 12.0. The van der Waals surface area contributed by atoms with Crippen molar-refractivity contribution < 1.29 is 4.42 Å². The zero-order valence-corrected chi connectivity index (χ0v) is 34.2. The third kappa shape index (κ3) is 4.94. The first-order valence-electron chi connectivity index (χ1n) is 21.5. The van der Waals surface area contributed by atoms with Gasteiger partial charge in [0.2, 0.25) is 5.95 Å². The van der Waals surface area contributed by atoms with Crippen LogP contribution in [-0.4, -0.2) is 28.7 Å². The van der Waals surface area contributed by atoms with Crippen molar-refractivity contribution in [2.24, 2.45) is 0 Å². The van der Waals surface area contributed by atoms with Gasteiger partial charge in [0, 0.05) is 59.9 Å². The Morgan fingerprint density at radius 3 is 1.53 bits per heavy atom. The third-order valence-electron chi connectivity index (χ3n) is 12.9. The molecule has 0 aliphatic rings. The lowest BCUT2D eigenvalue weighted by Gasteiger charge is -2.17. The maximum absolute atomic E-state index is 6.40. The smallest absolute Gasteiger partial charge is 0.238 e. The van der Waals surface area contributed by atoms with Crippen molar-refractivity contribution in [3.63, 3.8) is 0 Å². The SMILES string of the molecule is c1ccc(-c2nc(-c3ccc4c(c3)oc3ccccc34)nc(-n3c4ccccc4c4cc5c(c(-n6c7ccccc7c7ccccc76)c43)c3ccccc3n5-c3ccccc3)n2)cc1. The highest BCUT2D eigenvalue weighted by atomic mass is 16.3. The van der Waals surface area contributed by atoms with Gasteiger partial charge in [0.25, 0.3) is 0 Å². The molecule has 64 heavy (non-hydrogen) atoms. The lowest BCUT2D eigenvalue weighted by Crippen LogP contribution is -2.08. The predicted molar refractivity (Wildman–Crippen MR) is 261 cm³/mol. The minimum absolute atomic E-state index is 0.521. The van der Waals surface area contributed by atoms with E-state index in [9.17, 15) is 0 Å². The van der Waals surface area contributed by atoms with Gasteiger partial charge in [0.1, 0.15) is 11.2 Å². The molecule has 9 aromatic carbocycles. The second-order valence-electron chi connectivity index (χ2n) is 16.4. The molecule has 0 saturated heterocycles. The van der Waals surface area contributed by atoms with Crippen LogP contribution >= 0.6 is 0 Å². The highest BCUT2D eigenvalue weighted by Gasteiger charge is 2.28. The van der Waals surface area contributed by atoms with Crippen LogP contribution in [-0.2, 0) is 0 Å². The van der Waals surface area contributed by atoms with Crippen LogP contribution in [0.4, 0.5) is 0 Å². The fourth-order valence-corrected chi connectivity index (χ4v) is 10.2. The fraction of sp³-hybridized carbons (Fsp3) is 0. The quantitative estimate of drug-likeness (QED) is 0.173. The Morgan fingerprint density at radius 1 is 0.328 bits per heavy atom. The molecule has 7 heteroatoms. The molecule has 14 aromatic rings. The molecule has 7 nitrogen and oxygen atoms in total. The predicted octanol–water partition coefficient (Wildman–Crippen LogP) is 14.4. The molecule has 14 rings (SSSR count). The molecule has 0 saturated carbocycles. The van der Waals surface area contributed by atoms with Gasteiger partial charge >= 0.3 is 0 Å². The first-order chi connectivity index (χ1) is 31.8. The topological polar surface area (TPSA) is 66.6 Å². The van der Waals surface area contributed by atoms with Crippen molar-refractivity contribution in [3.8, 4) is 40.1 Å². The zero-order chi connectivity index (χ0) is 41.9. The van der Waals surface area contributed by atoms with Gasteiger partial charge in [-0.1, -0.05) is 146 Å². The number of para-hydroxylation sites is 6. The van der Waals surface area contributed by atoms with Crippen molar-refractivity contribution in [2.45, 2.75) is 0 Å². The summed E-state index contributed by atoms with van der Waals surface area (Å²) in [5.74, 6) is 1.65. The van der Waals surface area contributed by atoms with Gasteiger partial charge in [-0.05, 0) is 60.7 Å². The molecule has 0 amide bonds. The Balaban J connectivity index is 1.18. The lowest BCUT2D eigenvalue weighted by molar-refractivity contribution is 0.669. The fourth-order valence-electron chi connectivity index (χ4n) is 10.2. The molecule has 0 unspecified atom stereocenters. The standard InChI is InChI=1S/C57H34N6O/c1-3-17-35(18-4-1)55-58-56(36-31-32-42-41-24-11-16-30-50(41)64-51(42)33-36)60-57(59-55)63-47-28-14-9-23-40(47)44-34-49-52(43-25-10-15-29-48(43)61(49)37-19-5-2-6-20-37)54(53(44)63)62-45-26-12-7-21-38(45)39-22-8-13-27-46(39)62/h1-34H. The Kier molecular flexibility index (Phi) is 7.27. The summed E-state index contributed by atoms with van der Waals surface area (Å²) in [6.07, 6.45) is 0. The zero-order valence-electron chi connectivity index (χ0n) is 34.2. The van der Waals surface area contributed by atoms with Crippen molar-refractivity contribution >= 4 is 87.4 Å². The van der Waals surface area contributed by atoms with E-state index in [0.29, 0.717) is 17.6 Å². The highest BCUT2D eigenvalue weighted by molar-refractivity contribution is 6.26. The minimum atomic E-state index is 0.521. The molecular formula is C57H34N6O. The summed E-state index contributed by atoms with van der Waals surface area (Å²) in [6.45, 7) is 0. The molecule has 5 aromatic heterocycles. The molecule has 0 spiro atoms. The number of aromatic nitrogens is 6. The van der Waals surface area contributed by atoms with E-state index in [-0.39, 0.29) is 0 Å². The first kappa shape index (κ1) is 34.9. The summed E-state index contributed by atoms with van der Waals surface area (Å²) in [6, 6.07) is 72.6. The Hall–Kier alpha value is -8.81. The van der Waals surface area contributed by atoms with Crippen LogP contribution in [0.25, 0.3) is 127 Å². The molecule has 0 aliphatic heterocycles. The summed E-state index contributed by atoms with van der Waals surface area (Å²) in [5, 5.41) is 8.97. The Labute approximate surface area is 365 Å². The Morgan fingerprint density at radius 2 is 0.844 bits per heavy atom. The lowest BCUT2D eigenvalue weighted by atomic mass is 10.1. The van der Waals surface area contributed by atoms with Gasteiger partial charge in [-0.25, -0.2) is 4.98 Å². The van der Waals surface area contributed by atoms with Gasteiger partial charge in [-0.15, -0.1) is 0 Å². The number of hydrogen-bond donors (Lipinski definition) is 0. The van der Waals surface area contributed by atoms with Gasteiger partial charge in [-0.2, -0.15) is 9.97 Å². The summed E-state index contributed by atoms with van der Waals surface area (Å²) in [7, 11) is 0. The number of fused-ring (bicyclic) bond motifs is 12. The molecule has 0 N–H and O–H groups in total. The van der Waals surface area contributed by atoms with E-state index >= 15 is 0 Å². The highest BCUT2D eigenvalue weighted by Crippen LogP contribution is 2.47. The van der Waals surface area contributed by atoms with Crippen molar-refractivity contribution in [1.82, 2.24) is 28.7 Å². The van der Waals surface area contributed by atoms with E-state index in [4.69, 9.17) is 19.4 Å². The van der Waals surface area contributed by atoms with Gasteiger partial charge in [0.05, 0.1) is 38.8 Å². The van der Waals surface area contributed by atoms with E-state index in [1.165, 1.54) is 10.8 Å². The molecule has 0 fully saturated rings. The van der Waals surface area contributed by atoms with Gasteiger partial charge < -0.3 is 13.6 Å². The van der Waals surface area contributed by atoms with Crippen LogP contribution in [0, 0.1) is 0 Å². The summed E-state index contributed by atoms with van der Waals surface area (Å²) in [4.78, 5) is 16.1. The molecule has 0 atom stereocenters. The molecular weight excluding hydrogens is 785 g/mol. The van der Waals surface area contributed by atoms with Crippen molar-refractivity contribution in [3.05, 3.63) is 206 Å². The van der Waals surface area contributed by atoms with E-state index in [2.05, 4.69) is 184 Å². The summed E-state index contributed by atoms with van der Waals surface area (Å²) < 4.78 is 13.6. The maximum Gasteiger partial charge on any atom is 0.238 e. The van der Waals surface area contributed by atoms with Gasteiger partial charge in [0.15, 0.2) is 11.6 Å². The third-order valence-corrected chi connectivity index (χ3v) is 12.9. The summed E-state index contributed by atoms with van der Waals surface area (Å²) >= 11 is 0. The monoisotopic (exact) mass is 818 g/mol. The van der Waals surface area contributed by atoms with Crippen LogP contribution in [0.1, 0.15) is 0 Å². The van der Waals surface area contributed by atoms with Crippen LogP contribution in [0.3, 0.4) is 0 Å². The minimum Gasteiger partial charge on any atom is -0.456 e. The average Bonchev–Trinajstić information content (AvgIpc) is 4.10. The molecule has 298 valence electrons. The maximum atomic E-state index is 6.40. The van der Waals surface area contributed by atoms with Crippen LogP contribution in [0.5, 0.6) is 0 Å².